The van der Waals surface area contributed by atoms with Crippen LogP contribution in [0.3, 0.4) is 0 Å². The minimum Gasteiger partial charge on any atom is -0.302 e. The van der Waals surface area contributed by atoms with Gasteiger partial charge in [0.05, 0.1) is 0 Å². The number of hydrogen-bond acceptors (Lipinski definition) is 5. The van der Waals surface area contributed by atoms with Crippen LogP contribution in [-0.4, -0.2) is 44.3 Å². The second kappa shape index (κ2) is 7.55. The number of H-pyrrole nitrogens is 1. The first-order valence-electron chi connectivity index (χ1n) is 9.06. The van der Waals surface area contributed by atoms with Gasteiger partial charge in [0.15, 0.2) is 5.82 Å². The zero-order chi connectivity index (χ0) is 17.9. The number of rotatable bonds is 5. The fraction of sp³-hybridized carbons (Fsp3) is 0.421. The largest absolute Gasteiger partial charge is 0.307 e. The van der Waals surface area contributed by atoms with Crippen LogP contribution in [-0.2, 0) is 6.54 Å². The summed E-state index contributed by atoms with van der Waals surface area (Å²) in [6.07, 6.45) is 2.26. The summed E-state index contributed by atoms with van der Waals surface area (Å²) in [5, 5.41) is 9.47. The smallest absolute Gasteiger partial charge is 0.302 e. The molecule has 0 saturated carbocycles. The topological polar surface area (TPSA) is 66.8 Å². The molecule has 1 aliphatic heterocycles. The lowest BCUT2D eigenvalue weighted by atomic mass is 9.97. The van der Waals surface area contributed by atoms with E-state index in [1.807, 2.05) is 47.2 Å². The van der Waals surface area contributed by atoms with Gasteiger partial charge in [0, 0.05) is 42.2 Å². The van der Waals surface area contributed by atoms with Crippen LogP contribution in [0.2, 0.25) is 0 Å². The minimum absolute atomic E-state index is 0.138. The first-order valence-corrected chi connectivity index (χ1v) is 9.93. The van der Waals surface area contributed by atoms with E-state index < -0.39 is 0 Å². The molecule has 2 aromatic heterocycles. The highest BCUT2D eigenvalue weighted by Gasteiger charge is 2.24. The maximum atomic E-state index is 11.9. The molecule has 3 heterocycles. The van der Waals surface area contributed by atoms with Crippen LogP contribution in [0.5, 0.6) is 0 Å². The van der Waals surface area contributed by atoms with Crippen molar-refractivity contribution in [1.29, 1.82) is 0 Å². The number of aryl methyl sites for hydroxylation is 1. The molecular weight excluding hydrogens is 346 g/mol. The maximum Gasteiger partial charge on any atom is 0.307 e. The Morgan fingerprint density at radius 2 is 2.12 bits per heavy atom. The van der Waals surface area contributed by atoms with E-state index in [0.717, 1.165) is 61.9 Å². The molecule has 1 unspecified atom stereocenters. The molecule has 0 bridgehead atoms. The van der Waals surface area contributed by atoms with Gasteiger partial charge in [0.1, 0.15) is 5.82 Å². The van der Waals surface area contributed by atoms with E-state index in [2.05, 4.69) is 15.1 Å². The average Bonchev–Trinajstić information content (AvgIpc) is 3.29. The van der Waals surface area contributed by atoms with Gasteiger partial charge in [-0.1, -0.05) is 41.7 Å². The number of nitrogens with one attached hydrogen (secondary N) is 1. The van der Waals surface area contributed by atoms with Crippen molar-refractivity contribution in [2.24, 2.45) is 0 Å². The third-order valence-electron chi connectivity index (χ3n) is 5.04. The second-order valence-electron chi connectivity index (χ2n) is 6.84. The molecule has 7 heteroatoms. The molecule has 1 atom stereocenters. The molecule has 1 saturated heterocycles. The number of aromatic amines is 1. The first kappa shape index (κ1) is 17.2. The Bertz CT molecular complexity index is 913. The van der Waals surface area contributed by atoms with Gasteiger partial charge < -0.3 is 9.47 Å². The summed E-state index contributed by atoms with van der Waals surface area (Å²) in [6, 6.07) is 10.1. The molecule has 1 fully saturated rings. The second-order valence-corrected chi connectivity index (χ2v) is 7.67. The van der Waals surface area contributed by atoms with Gasteiger partial charge in [0.2, 0.25) is 0 Å². The lowest BCUT2D eigenvalue weighted by molar-refractivity contribution is 0.197. The highest BCUT2D eigenvalue weighted by atomic mass is 32.1. The van der Waals surface area contributed by atoms with Crippen LogP contribution >= 0.6 is 11.3 Å². The predicted molar refractivity (Wildman–Crippen MR) is 104 cm³/mol. The van der Waals surface area contributed by atoms with Crippen molar-refractivity contribution in [3.8, 4) is 11.4 Å². The van der Waals surface area contributed by atoms with E-state index in [0.29, 0.717) is 5.92 Å². The zero-order valence-electron chi connectivity index (χ0n) is 14.9. The minimum atomic E-state index is 0.138. The van der Waals surface area contributed by atoms with Gasteiger partial charge in [-0.05, 0) is 26.3 Å². The van der Waals surface area contributed by atoms with E-state index >= 15 is 0 Å². The maximum absolute atomic E-state index is 11.9. The van der Waals surface area contributed by atoms with Crippen LogP contribution < -0.4 is 4.87 Å². The Morgan fingerprint density at radius 1 is 1.27 bits per heavy atom. The average molecular weight is 369 g/mol. The van der Waals surface area contributed by atoms with Crippen LogP contribution in [0.25, 0.3) is 11.4 Å². The monoisotopic (exact) mass is 369 g/mol. The van der Waals surface area contributed by atoms with E-state index in [9.17, 15) is 4.79 Å². The highest BCUT2D eigenvalue weighted by molar-refractivity contribution is 7.07. The molecule has 1 N–H and O–H groups in total. The molecule has 136 valence electrons. The molecule has 0 spiro atoms. The Labute approximate surface area is 156 Å². The highest BCUT2D eigenvalue weighted by Crippen LogP contribution is 2.26. The lowest BCUT2D eigenvalue weighted by Gasteiger charge is -2.31. The predicted octanol–water partition coefficient (Wildman–Crippen LogP) is 2.88. The quantitative estimate of drug-likeness (QED) is 0.751. The van der Waals surface area contributed by atoms with Crippen LogP contribution in [0.1, 0.15) is 30.3 Å². The summed E-state index contributed by atoms with van der Waals surface area (Å²) in [5.41, 5.74) is 2.09. The van der Waals surface area contributed by atoms with Crippen molar-refractivity contribution in [2.45, 2.75) is 32.2 Å². The first-order chi connectivity index (χ1) is 12.7. The molecule has 0 aliphatic carbocycles. The summed E-state index contributed by atoms with van der Waals surface area (Å²) in [4.78, 5) is 19.2. The number of hydrogen-bond donors (Lipinski definition) is 1. The molecule has 6 nitrogen and oxygen atoms in total. The summed E-state index contributed by atoms with van der Waals surface area (Å²) in [7, 11) is 0. The summed E-state index contributed by atoms with van der Waals surface area (Å²) in [5.74, 6) is 2.10. The third kappa shape index (κ3) is 3.64. The van der Waals surface area contributed by atoms with Crippen LogP contribution in [0, 0.1) is 6.92 Å². The number of benzene rings is 1. The Kier molecular flexibility index (Phi) is 4.99. The van der Waals surface area contributed by atoms with Crippen molar-refractivity contribution in [2.75, 3.05) is 19.6 Å². The van der Waals surface area contributed by atoms with Crippen molar-refractivity contribution < 1.29 is 0 Å². The third-order valence-corrected chi connectivity index (χ3v) is 5.92. The van der Waals surface area contributed by atoms with Gasteiger partial charge in [-0.25, -0.2) is 4.98 Å². The molecule has 3 aromatic rings. The Balaban J connectivity index is 1.41. The van der Waals surface area contributed by atoms with Crippen LogP contribution in [0.4, 0.5) is 0 Å². The van der Waals surface area contributed by atoms with Crippen molar-refractivity contribution in [3.05, 3.63) is 56.9 Å². The fourth-order valence-corrected chi connectivity index (χ4v) is 4.33. The SMILES string of the molecule is Cc1csc(=O)n1CCN1CCCC(c2nc(-c3ccccc3)n[nH]2)C1. The molecule has 1 aliphatic rings. The summed E-state index contributed by atoms with van der Waals surface area (Å²) < 4.78 is 1.87. The molecule has 0 radical (unpaired) electrons. The Morgan fingerprint density at radius 3 is 2.88 bits per heavy atom. The van der Waals surface area contributed by atoms with Gasteiger partial charge in [-0.3, -0.25) is 9.89 Å². The standard InChI is InChI=1S/C19H23N5OS/c1-14-13-26-19(25)24(14)11-10-23-9-5-8-16(12-23)18-20-17(21-22-18)15-6-3-2-4-7-15/h2-4,6-7,13,16H,5,8-12H2,1H3,(H,20,21,22). The van der Waals surface area contributed by atoms with E-state index in [1.54, 1.807) is 0 Å². The molecule has 26 heavy (non-hydrogen) atoms. The Hall–Kier alpha value is -2.25. The normalized spacial score (nSPS) is 18.3. The lowest BCUT2D eigenvalue weighted by Crippen LogP contribution is -2.37. The number of thiazole rings is 1. The molecule has 1 aromatic carbocycles. The van der Waals surface area contributed by atoms with E-state index in [1.165, 1.54) is 11.3 Å². The number of likely N-dealkylation sites (tertiary alicyclic amines) is 1. The molecule has 0 amide bonds. The van der Waals surface area contributed by atoms with Gasteiger partial charge in [0.25, 0.3) is 0 Å². The van der Waals surface area contributed by atoms with Crippen molar-refractivity contribution in [3.63, 3.8) is 0 Å². The van der Waals surface area contributed by atoms with Crippen molar-refractivity contribution >= 4 is 11.3 Å². The molecule has 4 rings (SSSR count). The van der Waals surface area contributed by atoms with Gasteiger partial charge in [-0.15, -0.1) is 0 Å². The zero-order valence-corrected chi connectivity index (χ0v) is 15.7. The van der Waals surface area contributed by atoms with E-state index in [-0.39, 0.29) is 4.87 Å². The van der Waals surface area contributed by atoms with Gasteiger partial charge in [-0.2, -0.15) is 5.10 Å². The van der Waals surface area contributed by atoms with Crippen molar-refractivity contribution in [1.82, 2.24) is 24.6 Å². The van der Waals surface area contributed by atoms with Gasteiger partial charge >= 0.3 is 4.87 Å². The summed E-state index contributed by atoms with van der Waals surface area (Å²) >= 11 is 1.28. The van der Waals surface area contributed by atoms with Crippen LogP contribution in [0.15, 0.2) is 40.5 Å². The number of nitrogens with zero attached hydrogens (tertiary/aromatic N) is 4. The van der Waals surface area contributed by atoms with E-state index in [4.69, 9.17) is 4.98 Å². The fourth-order valence-electron chi connectivity index (χ4n) is 3.57. The molecular formula is C19H23N5OS. The number of piperidine rings is 1. The summed E-state index contributed by atoms with van der Waals surface area (Å²) in [6.45, 7) is 5.69. The number of aromatic nitrogens is 4.